The smallest absolute Gasteiger partial charge is 0.131 e. The van der Waals surface area contributed by atoms with E-state index in [1.165, 1.54) is 6.33 Å². The molecule has 6 nitrogen and oxygen atoms in total. The van der Waals surface area contributed by atoms with Crippen molar-refractivity contribution in [3.63, 3.8) is 0 Å². The molecule has 0 radical (unpaired) electrons. The molecule has 6 heteroatoms. The Morgan fingerprint density at radius 2 is 1.75 bits per heavy atom. The zero-order chi connectivity index (χ0) is 16.5. The van der Waals surface area contributed by atoms with E-state index in [0.29, 0.717) is 19.7 Å². The molecule has 0 aliphatic carbocycles. The zero-order valence-electron chi connectivity index (χ0n) is 13.2. The summed E-state index contributed by atoms with van der Waals surface area (Å²) in [5.74, 6) is 2.39. The number of pyridine rings is 1. The van der Waals surface area contributed by atoms with Crippen molar-refractivity contribution in [1.29, 1.82) is 0 Å². The fourth-order valence-electron chi connectivity index (χ4n) is 2.11. The normalized spacial score (nSPS) is 10.2. The molecule has 1 aromatic carbocycles. The van der Waals surface area contributed by atoms with Gasteiger partial charge in [-0.05, 0) is 23.8 Å². The highest BCUT2D eigenvalue weighted by molar-refractivity contribution is 5.46. The van der Waals surface area contributed by atoms with E-state index in [1.807, 2.05) is 54.7 Å². The lowest BCUT2D eigenvalue weighted by Crippen LogP contribution is -2.12. The van der Waals surface area contributed by atoms with Gasteiger partial charge in [-0.3, -0.25) is 4.98 Å². The molecule has 0 amide bonds. The van der Waals surface area contributed by atoms with E-state index < -0.39 is 0 Å². The fraction of sp³-hybridized carbons (Fsp3) is 0.167. The van der Waals surface area contributed by atoms with Gasteiger partial charge in [-0.25, -0.2) is 9.97 Å². The van der Waals surface area contributed by atoms with Gasteiger partial charge in [0, 0.05) is 25.0 Å². The van der Waals surface area contributed by atoms with Crippen LogP contribution in [0.25, 0.3) is 0 Å². The molecule has 2 heterocycles. The Kier molecular flexibility index (Phi) is 5.56. The molecule has 0 bridgehead atoms. The highest BCUT2D eigenvalue weighted by atomic mass is 16.5. The number of benzene rings is 1. The highest BCUT2D eigenvalue weighted by Crippen LogP contribution is 2.11. The Morgan fingerprint density at radius 1 is 0.917 bits per heavy atom. The molecule has 0 saturated heterocycles. The second-order valence-electron chi connectivity index (χ2n) is 5.09. The lowest BCUT2D eigenvalue weighted by Gasteiger charge is -2.09. The maximum Gasteiger partial charge on any atom is 0.131 e. The molecule has 2 aromatic heterocycles. The van der Waals surface area contributed by atoms with Gasteiger partial charge in [-0.2, -0.15) is 0 Å². The first-order chi connectivity index (χ1) is 11.9. The Balaban J connectivity index is 1.45. The van der Waals surface area contributed by atoms with Gasteiger partial charge in [0.25, 0.3) is 0 Å². The van der Waals surface area contributed by atoms with Gasteiger partial charge in [0.15, 0.2) is 0 Å². The molecule has 3 rings (SSSR count). The van der Waals surface area contributed by atoms with Crippen LogP contribution in [0.1, 0.15) is 5.56 Å². The van der Waals surface area contributed by atoms with Crippen LogP contribution < -0.4 is 15.4 Å². The third-order valence-electron chi connectivity index (χ3n) is 3.28. The minimum atomic E-state index is 0.562. The predicted octanol–water partition coefficient (Wildman–Crippen LogP) is 2.97. The van der Waals surface area contributed by atoms with E-state index >= 15 is 0 Å². The quantitative estimate of drug-likeness (QED) is 0.622. The number of hydrogen-bond acceptors (Lipinski definition) is 6. The Morgan fingerprint density at radius 3 is 2.54 bits per heavy atom. The van der Waals surface area contributed by atoms with Gasteiger partial charge in [0.2, 0.25) is 0 Å². The lowest BCUT2D eigenvalue weighted by molar-refractivity contribution is 0.333. The molecule has 0 aliphatic rings. The Bertz CT molecular complexity index is 737. The largest absolute Gasteiger partial charge is 0.492 e. The third kappa shape index (κ3) is 4.95. The monoisotopic (exact) mass is 321 g/mol. The van der Waals surface area contributed by atoms with E-state index in [-0.39, 0.29) is 0 Å². The number of nitrogens with zero attached hydrogens (tertiary/aromatic N) is 3. The average molecular weight is 321 g/mol. The van der Waals surface area contributed by atoms with Crippen molar-refractivity contribution in [2.24, 2.45) is 0 Å². The number of aromatic nitrogens is 3. The number of rotatable bonds is 8. The second-order valence-corrected chi connectivity index (χ2v) is 5.09. The predicted molar refractivity (Wildman–Crippen MR) is 94.0 cm³/mol. The van der Waals surface area contributed by atoms with Crippen LogP contribution >= 0.6 is 0 Å². The molecule has 0 aliphatic heterocycles. The van der Waals surface area contributed by atoms with Crippen molar-refractivity contribution in [1.82, 2.24) is 15.0 Å². The highest BCUT2D eigenvalue weighted by Gasteiger charge is 1.99. The number of hydrogen-bond donors (Lipinski definition) is 2. The number of para-hydroxylation sites is 1. The van der Waals surface area contributed by atoms with Crippen LogP contribution in [-0.4, -0.2) is 28.1 Å². The minimum absolute atomic E-state index is 0.562. The van der Waals surface area contributed by atoms with Gasteiger partial charge in [0.1, 0.15) is 30.3 Å². The first-order valence-corrected chi connectivity index (χ1v) is 7.77. The van der Waals surface area contributed by atoms with Gasteiger partial charge in [0.05, 0.1) is 6.54 Å². The summed E-state index contributed by atoms with van der Waals surface area (Å²) in [5, 5.41) is 6.48. The van der Waals surface area contributed by atoms with Crippen molar-refractivity contribution >= 4 is 11.6 Å². The maximum atomic E-state index is 5.63. The average Bonchev–Trinajstić information content (AvgIpc) is 2.66. The molecule has 3 aromatic rings. The molecule has 122 valence electrons. The molecule has 0 saturated carbocycles. The molecule has 0 unspecified atom stereocenters. The maximum absolute atomic E-state index is 5.63. The van der Waals surface area contributed by atoms with Crippen molar-refractivity contribution in [3.8, 4) is 5.75 Å². The van der Waals surface area contributed by atoms with Crippen LogP contribution in [0.3, 0.4) is 0 Å². The molecule has 0 spiro atoms. The third-order valence-corrected chi connectivity index (χ3v) is 3.28. The van der Waals surface area contributed by atoms with E-state index in [9.17, 15) is 0 Å². The van der Waals surface area contributed by atoms with E-state index in [1.54, 1.807) is 6.20 Å². The van der Waals surface area contributed by atoms with Crippen LogP contribution in [0.5, 0.6) is 5.75 Å². The molecule has 0 fully saturated rings. The lowest BCUT2D eigenvalue weighted by atomic mass is 10.3. The van der Waals surface area contributed by atoms with Crippen LogP contribution in [0.2, 0.25) is 0 Å². The van der Waals surface area contributed by atoms with Gasteiger partial charge in [-0.15, -0.1) is 0 Å². The number of anilines is 2. The van der Waals surface area contributed by atoms with Crippen LogP contribution in [-0.2, 0) is 6.54 Å². The van der Waals surface area contributed by atoms with Crippen molar-refractivity contribution in [2.75, 3.05) is 23.8 Å². The number of nitrogens with one attached hydrogen (secondary N) is 2. The molecule has 2 N–H and O–H groups in total. The topological polar surface area (TPSA) is 72.0 Å². The van der Waals surface area contributed by atoms with E-state index in [0.717, 1.165) is 22.9 Å². The second kappa shape index (κ2) is 8.47. The summed E-state index contributed by atoms with van der Waals surface area (Å²) in [7, 11) is 0. The summed E-state index contributed by atoms with van der Waals surface area (Å²) in [6.45, 7) is 1.89. The van der Waals surface area contributed by atoms with Crippen LogP contribution in [0.4, 0.5) is 11.6 Å². The molecular weight excluding hydrogens is 302 g/mol. The first kappa shape index (κ1) is 15.7. The summed E-state index contributed by atoms with van der Waals surface area (Å²) in [4.78, 5) is 12.5. The van der Waals surface area contributed by atoms with Gasteiger partial charge < -0.3 is 15.4 Å². The SMILES string of the molecule is c1ccc(OCCNc2cc(NCc3cccnc3)ncn2)cc1. The summed E-state index contributed by atoms with van der Waals surface area (Å²) in [5.41, 5.74) is 1.10. The zero-order valence-corrected chi connectivity index (χ0v) is 13.2. The van der Waals surface area contributed by atoms with Crippen LogP contribution in [0.15, 0.2) is 67.3 Å². The van der Waals surface area contributed by atoms with E-state index in [2.05, 4.69) is 25.6 Å². The van der Waals surface area contributed by atoms with Crippen molar-refractivity contribution < 1.29 is 4.74 Å². The Labute approximate surface area is 141 Å². The number of ether oxygens (including phenoxy) is 1. The molecule has 24 heavy (non-hydrogen) atoms. The molecule has 0 atom stereocenters. The fourth-order valence-corrected chi connectivity index (χ4v) is 2.11. The molecular formula is C18H19N5O. The standard InChI is InChI=1S/C18H19N5O/c1-2-6-16(7-3-1)24-10-9-20-17-11-18(23-14-22-17)21-13-15-5-4-8-19-12-15/h1-8,11-12,14H,9-10,13H2,(H2,20,21,22,23). The van der Waals surface area contributed by atoms with Crippen molar-refractivity contribution in [3.05, 3.63) is 72.8 Å². The minimum Gasteiger partial charge on any atom is -0.492 e. The summed E-state index contributed by atoms with van der Waals surface area (Å²) in [6.07, 6.45) is 5.12. The Hall–Kier alpha value is -3.15. The van der Waals surface area contributed by atoms with Gasteiger partial charge in [-0.1, -0.05) is 24.3 Å². The van der Waals surface area contributed by atoms with Crippen molar-refractivity contribution in [2.45, 2.75) is 6.54 Å². The van der Waals surface area contributed by atoms with Crippen LogP contribution in [0, 0.1) is 0 Å². The summed E-state index contributed by atoms with van der Waals surface area (Å²) < 4.78 is 5.63. The summed E-state index contributed by atoms with van der Waals surface area (Å²) in [6, 6.07) is 15.5. The summed E-state index contributed by atoms with van der Waals surface area (Å²) >= 11 is 0. The first-order valence-electron chi connectivity index (χ1n) is 7.77. The van der Waals surface area contributed by atoms with E-state index in [4.69, 9.17) is 4.74 Å². The van der Waals surface area contributed by atoms with Gasteiger partial charge >= 0.3 is 0 Å².